The second-order valence-corrected chi connectivity index (χ2v) is 6.10. The Morgan fingerprint density at radius 2 is 1.45 bits per heavy atom. The van der Waals surface area contributed by atoms with Crippen LogP contribution >= 0.6 is 35.0 Å². The molecule has 1 aromatic carbocycles. The van der Waals surface area contributed by atoms with Gasteiger partial charge in [-0.05, 0) is 17.7 Å². The highest BCUT2D eigenvalue weighted by atomic mass is 35.5. The molecule has 1 aromatic rings. The molecule has 0 aliphatic carbocycles. The Balaban J connectivity index is 2.65. The Morgan fingerprint density at radius 1 is 1.00 bits per heavy atom. The Bertz CT molecular complexity index is 622. The summed E-state index contributed by atoms with van der Waals surface area (Å²) in [5.74, 6) is -2.33. The molecule has 1 aliphatic rings. The number of hydrogen-bond acceptors (Lipinski definition) is 5. The fourth-order valence-corrected chi connectivity index (χ4v) is 3.74. The van der Waals surface area contributed by atoms with Crippen LogP contribution in [0.25, 0.3) is 0 Å². The number of halogens is 2. The predicted molar refractivity (Wildman–Crippen MR) is 80.5 cm³/mol. The number of nitriles is 2. The van der Waals surface area contributed by atoms with Crippen LogP contribution in [0.3, 0.4) is 0 Å². The van der Waals surface area contributed by atoms with E-state index >= 15 is 0 Å². The SMILES string of the molecule is N#CC1C(=N)SC(=N)C(C#N)C1c1c(Cl)cccc1Cl. The van der Waals surface area contributed by atoms with Crippen molar-refractivity contribution in [3.8, 4) is 12.1 Å². The fraction of sp³-hybridized carbons (Fsp3) is 0.231. The lowest BCUT2D eigenvalue weighted by Crippen LogP contribution is -2.34. The molecule has 4 nitrogen and oxygen atoms in total. The first-order valence-electron chi connectivity index (χ1n) is 5.59. The molecule has 7 heteroatoms. The van der Waals surface area contributed by atoms with E-state index in [1.807, 2.05) is 12.1 Å². The van der Waals surface area contributed by atoms with Crippen LogP contribution in [0.2, 0.25) is 10.0 Å². The van der Waals surface area contributed by atoms with Crippen molar-refractivity contribution in [2.75, 3.05) is 0 Å². The zero-order valence-corrected chi connectivity index (χ0v) is 12.4. The van der Waals surface area contributed by atoms with Gasteiger partial charge in [0.25, 0.3) is 0 Å². The lowest BCUT2D eigenvalue weighted by molar-refractivity contribution is 0.577. The lowest BCUT2D eigenvalue weighted by Gasteiger charge is -2.32. The number of nitrogens with one attached hydrogen (secondary N) is 2. The molecule has 0 saturated carbocycles. The third-order valence-electron chi connectivity index (χ3n) is 3.11. The monoisotopic (exact) mass is 322 g/mol. The Kier molecular flexibility index (Phi) is 4.35. The van der Waals surface area contributed by atoms with Crippen LogP contribution in [0.1, 0.15) is 11.5 Å². The maximum atomic E-state index is 9.30. The summed E-state index contributed by atoms with van der Waals surface area (Å²) in [6.45, 7) is 0. The summed E-state index contributed by atoms with van der Waals surface area (Å²) < 4.78 is 0. The molecule has 2 unspecified atom stereocenters. The van der Waals surface area contributed by atoms with Gasteiger partial charge in [0.05, 0.1) is 22.2 Å². The van der Waals surface area contributed by atoms with Crippen molar-refractivity contribution in [1.82, 2.24) is 0 Å². The van der Waals surface area contributed by atoms with E-state index in [1.54, 1.807) is 18.2 Å². The van der Waals surface area contributed by atoms with Crippen LogP contribution in [-0.4, -0.2) is 10.1 Å². The van der Waals surface area contributed by atoms with Crippen molar-refractivity contribution in [3.05, 3.63) is 33.8 Å². The number of thioether (sulfide) groups is 1. The average molecular weight is 323 g/mol. The molecule has 2 atom stereocenters. The summed E-state index contributed by atoms with van der Waals surface area (Å²) in [6.07, 6.45) is 0. The van der Waals surface area contributed by atoms with Crippen LogP contribution in [-0.2, 0) is 0 Å². The van der Waals surface area contributed by atoms with Gasteiger partial charge in [0.1, 0.15) is 11.8 Å². The largest absolute Gasteiger partial charge is 0.297 e. The first-order chi connectivity index (χ1) is 9.51. The van der Waals surface area contributed by atoms with Gasteiger partial charge in [-0.3, -0.25) is 10.8 Å². The molecular formula is C13H8Cl2N4S. The quantitative estimate of drug-likeness (QED) is 0.816. The van der Waals surface area contributed by atoms with E-state index in [1.165, 1.54) is 0 Å². The molecule has 2 rings (SSSR count). The third kappa shape index (κ3) is 2.41. The van der Waals surface area contributed by atoms with Crippen molar-refractivity contribution in [3.63, 3.8) is 0 Å². The Hall–Kier alpha value is -1.53. The van der Waals surface area contributed by atoms with E-state index in [-0.39, 0.29) is 10.1 Å². The first kappa shape index (κ1) is 14.9. The maximum Gasteiger partial charge on any atom is 0.103 e. The molecule has 1 saturated heterocycles. The minimum absolute atomic E-state index is 0.0463. The van der Waals surface area contributed by atoms with E-state index in [9.17, 15) is 10.5 Å². The van der Waals surface area contributed by atoms with Gasteiger partial charge in [0, 0.05) is 16.0 Å². The van der Waals surface area contributed by atoms with Crippen LogP contribution < -0.4 is 0 Å². The number of hydrogen-bond donors (Lipinski definition) is 2. The smallest absolute Gasteiger partial charge is 0.103 e. The normalized spacial score (nSPS) is 25.9. The summed E-state index contributed by atoms with van der Waals surface area (Å²) >= 11 is 13.2. The summed E-state index contributed by atoms with van der Waals surface area (Å²) in [5, 5.41) is 35.1. The molecule has 1 heterocycles. The van der Waals surface area contributed by atoms with Crippen molar-refractivity contribution in [2.45, 2.75) is 5.92 Å². The number of nitrogens with zero attached hydrogens (tertiary/aromatic N) is 2. The fourth-order valence-electron chi connectivity index (χ4n) is 2.20. The molecule has 1 fully saturated rings. The second-order valence-electron chi connectivity index (χ2n) is 4.21. The first-order valence-corrected chi connectivity index (χ1v) is 7.16. The molecule has 100 valence electrons. The molecule has 2 N–H and O–H groups in total. The molecule has 0 amide bonds. The van der Waals surface area contributed by atoms with Gasteiger partial charge in [-0.1, -0.05) is 41.0 Å². The van der Waals surface area contributed by atoms with Crippen molar-refractivity contribution in [1.29, 1.82) is 21.3 Å². The summed E-state index contributed by atoms with van der Waals surface area (Å²) in [4.78, 5) is 0. The minimum atomic E-state index is -0.823. The van der Waals surface area contributed by atoms with Gasteiger partial charge in [-0.2, -0.15) is 10.5 Å². The van der Waals surface area contributed by atoms with Gasteiger partial charge in [0.15, 0.2) is 0 Å². The summed E-state index contributed by atoms with van der Waals surface area (Å²) in [6, 6.07) is 8.99. The van der Waals surface area contributed by atoms with Crippen LogP contribution in [0.4, 0.5) is 0 Å². The highest BCUT2D eigenvalue weighted by Crippen LogP contribution is 2.46. The van der Waals surface area contributed by atoms with Gasteiger partial charge in [-0.15, -0.1) is 0 Å². The minimum Gasteiger partial charge on any atom is -0.297 e. The van der Waals surface area contributed by atoms with E-state index in [4.69, 9.17) is 34.0 Å². The van der Waals surface area contributed by atoms with Gasteiger partial charge in [-0.25, -0.2) is 0 Å². The third-order valence-corrected chi connectivity index (χ3v) is 4.72. The van der Waals surface area contributed by atoms with Gasteiger partial charge < -0.3 is 0 Å². The van der Waals surface area contributed by atoms with Crippen molar-refractivity contribution < 1.29 is 0 Å². The average Bonchev–Trinajstić information content (AvgIpc) is 2.38. The molecule has 1 aliphatic heterocycles. The van der Waals surface area contributed by atoms with E-state index < -0.39 is 17.8 Å². The van der Waals surface area contributed by atoms with Crippen molar-refractivity contribution >= 4 is 45.1 Å². The standard InChI is InChI=1S/C13H8Cl2N4S/c14-8-2-1-3-9(15)11(8)10-6(4-16)12(18)20-13(19)7(10)5-17/h1-3,6-7,10,18-19H. The van der Waals surface area contributed by atoms with Gasteiger partial charge >= 0.3 is 0 Å². The Labute approximate surface area is 130 Å². The van der Waals surface area contributed by atoms with Crippen LogP contribution in [0.5, 0.6) is 0 Å². The Morgan fingerprint density at radius 3 is 1.85 bits per heavy atom. The summed E-state index contributed by atoms with van der Waals surface area (Å²) in [5.41, 5.74) is 0.462. The molecule has 0 spiro atoms. The zero-order valence-electron chi connectivity index (χ0n) is 10.0. The molecule has 0 radical (unpaired) electrons. The highest BCUT2D eigenvalue weighted by Gasteiger charge is 2.43. The number of rotatable bonds is 1. The molecular weight excluding hydrogens is 315 g/mol. The number of benzene rings is 1. The van der Waals surface area contributed by atoms with Crippen LogP contribution in [0.15, 0.2) is 18.2 Å². The predicted octanol–water partition coefficient (Wildman–Crippen LogP) is 4.06. The van der Waals surface area contributed by atoms with Gasteiger partial charge in [0.2, 0.25) is 0 Å². The lowest BCUT2D eigenvalue weighted by atomic mass is 9.78. The van der Waals surface area contributed by atoms with Crippen molar-refractivity contribution in [2.24, 2.45) is 11.8 Å². The molecule has 0 bridgehead atoms. The van der Waals surface area contributed by atoms with E-state index in [0.29, 0.717) is 15.6 Å². The van der Waals surface area contributed by atoms with E-state index in [2.05, 4.69) is 0 Å². The topological polar surface area (TPSA) is 95.3 Å². The second kappa shape index (κ2) is 5.85. The van der Waals surface area contributed by atoms with Crippen LogP contribution in [0, 0.1) is 45.3 Å². The molecule has 0 aromatic heterocycles. The van der Waals surface area contributed by atoms with E-state index in [0.717, 1.165) is 11.8 Å². The zero-order chi connectivity index (χ0) is 14.9. The highest BCUT2D eigenvalue weighted by molar-refractivity contribution is 8.26. The molecule has 20 heavy (non-hydrogen) atoms. The maximum absolute atomic E-state index is 9.30. The summed E-state index contributed by atoms with van der Waals surface area (Å²) in [7, 11) is 0.